The first-order valence-corrected chi connectivity index (χ1v) is 8.82. The Balaban J connectivity index is 0.00000112. The van der Waals surface area contributed by atoms with Crippen LogP contribution < -0.4 is 0 Å². The zero-order valence-electron chi connectivity index (χ0n) is 17.0. The molecule has 0 unspecified atom stereocenters. The summed E-state index contributed by atoms with van der Waals surface area (Å²) in [5.41, 5.74) is 2.70. The van der Waals surface area contributed by atoms with Crippen LogP contribution in [0.25, 0.3) is 39.9 Å². The summed E-state index contributed by atoms with van der Waals surface area (Å²) in [5.74, 6) is 0.203. The van der Waals surface area contributed by atoms with Crippen molar-refractivity contribution in [3.05, 3.63) is 84.9 Å². The van der Waals surface area contributed by atoms with Gasteiger partial charge in [0.25, 0.3) is 5.89 Å². The van der Waals surface area contributed by atoms with Crippen LogP contribution >= 0.6 is 0 Å². The van der Waals surface area contributed by atoms with Gasteiger partial charge in [0, 0.05) is 24.9 Å². The van der Waals surface area contributed by atoms with Crippen LogP contribution in [0.2, 0.25) is 0 Å². The first kappa shape index (κ1) is 17.9. The van der Waals surface area contributed by atoms with Crippen LogP contribution in [-0.4, -0.2) is 30.1 Å². The first-order valence-electron chi connectivity index (χ1n) is 9.82. The van der Waals surface area contributed by atoms with Gasteiger partial charge in [0.15, 0.2) is 5.69 Å². The minimum atomic E-state index is -0.422. The van der Waals surface area contributed by atoms with Gasteiger partial charge in [-0.3, -0.25) is 4.98 Å². The average Bonchev–Trinajstić information content (AvgIpc) is 3.49. The molecule has 0 fully saturated rings. The monoisotopic (exact) mass is 402 g/mol. The normalized spacial score (nSPS) is 10.8. The van der Waals surface area contributed by atoms with Gasteiger partial charge in [0.1, 0.15) is 17.2 Å². The number of benzene rings is 2. The fourth-order valence-corrected chi connectivity index (χ4v) is 3.01. The summed E-state index contributed by atoms with van der Waals surface area (Å²) < 4.78 is 27.1. The molecule has 0 saturated heterocycles. The minimum absolute atomic E-state index is 0.193. The van der Waals surface area contributed by atoms with E-state index in [0.29, 0.717) is 17.2 Å². The molecule has 0 aliphatic rings. The molecule has 0 aliphatic heterocycles. The van der Waals surface area contributed by atoms with Gasteiger partial charge in [0.05, 0.1) is 0 Å². The van der Waals surface area contributed by atoms with Crippen LogP contribution in [0.5, 0.6) is 0 Å². The smallest absolute Gasteiger partial charge is 0.281 e. The fourth-order valence-electron chi connectivity index (χ4n) is 3.01. The van der Waals surface area contributed by atoms with Gasteiger partial charge >= 0.3 is 0 Å². The van der Waals surface area contributed by atoms with Gasteiger partial charge in [-0.15, -0.1) is 5.10 Å². The standard InChI is InChI=1S/C21H13FN6O.CH4/c22-16-8-4-5-9-17(16)28-19(14-10-12-23-13-11-14)18(25-27-28)21-24-20(26-29-21)15-6-2-1-3-7-15;/h1-13H;1H4/i;1T. The van der Waals surface area contributed by atoms with Crippen LogP contribution in [-0.2, 0) is 0 Å². The second-order valence-corrected chi connectivity index (χ2v) is 6.17. The topological polar surface area (TPSA) is 82.5 Å². The van der Waals surface area contributed by atoms with Gasteiger partial charge in [-0.1, -0.05) is 60.2 Å². The SMILES string of the molecule is Fc1ccccc1-n1nnc(-c2nc(-c3ccccc3)no2)c1-c1ccncc1.[3H]C. The quantitative estimate of drug-likeness (QED) is 0.429. The van der Waals surface area contributed by atoms with Crippen molar-refractivity contribution in [2.45, 2.75) is 7.40 Å². The Labute approximate surface area is 173 Å². The largest absolute Gasteiger partial charge is 0.332 e. The Morgan fingerprint density at radius 1 is 0.900 bits per heavy atom. The highest BCUT2D eigenvalue weighted by Gasteiger charge is 2.24. The second kappa shape index (κ2) is 8.04. The predicted molar refractivity (Wildman–Crippen MR) is 110 cm³/mol. The molecule has 0 N–H and O–H groups in total. The Morgan fingerprint density at radius 3 is 2.40 bits per heavy atom. The Morgan fingerprint density at radius 2 is 1.63 bits per heavy atom. The molecule has 0 atom stereocenters. The van der Waals surface area contributed by atoms with E-state index >= 15 is 0 Å². The number of aromatic nitrogens is 6. The van der Waals surface area contributed by atoms with Crippen LogP contribution in [0.1, 0.15) is 8.77 Å². The zero-order chi connectivity index (χ0) is 21.6. The van der Waals surface area contributed by atoms with Crippen molar-refractivity contribution in [1.82, 2.24) is 30.1 Å². The van der Waals surface area contributed by atoms with E-state index in [4.69, 9.17) is 5.89 Å². The lowest BCUT2D eigenvalue weighted by atomic mass is 10.1. The average molecular weight is 402 g/mol. The van der Waals surface area contributed by atoms with E-state index in [-0.39, 0.29) is 11.6 Å². The molecule has 3 aromatic heterocycles. The molecule has 3 heterocycles. The van der Waals surface area contributed by atoms with E-state index in [2.05, 4.69) is 25.4 Å². The number of pyridine rings is 1. The molecule has 0 spiro atoms. The van der Waals surface area contributed by atoms with Crippen molar-refractivity contribution in [3.8, 4) is 39.9 Å². The highest BCUT2D eigenvalue weighted by Crippen LogP contribution is 2.32. The molecule has 0 aliphatic carbocycles. The van der Waals surface area contributed by atoms with E-state index in [1.807, 2.05) is 30.3 Å². The summed E-state index contributed by atoms with van der Waals surface area (Å²) in [6.45, 7) is 0. The third-order valence-corrected chi connectivity index (χ3v) is 4.37. The molecule has 30 heavy (non-hydrogen) atoms. The zero-order valence-corrected chi connectivity index (χ0v) is 16.0. The Bertz CT molecular complexity index is 1270. The molecule has 148 valence electrons. The molecule has 7 nitrogen and oxygen atoms in total. The number of hydrogen-bond acceptors (Lipinski definition) is 6. The van der Waals surface area contributed by atoms with Crippen molar-refractivity contribution in [1.29, 1.82) is 0 Å². The van der Waals surface area contributed by atoms with Crippen molar-refractivity contribution in [2.75, 3.05) is 0 Å². The Kier molecular flexibility index (Phi) is 4.79. The van der Waals surface area contributed by atoms with E-state index in [1.165, 1.54) is 18.2 Å². The van der Waals surface area contributed by atoms with Gasteiger partial charge in [-0.2, -0.15) is 4.98 Å². The second-order valence-electron chi connectivity index (χ2n) is 6.17. The Hall–Kier alpha value is -4.20. The van der Waals surface area contributed by atoms with Crippen molar-refractivity contribution in [2.24, 2.45) is 0 Å². The number of rotatable bonds is 4. The summed E-state index contributed by atoms with van der Waals surface area (Å²) in [7, 11) is 1.25. The number of para-hydroxylation sites is 1. The van der Waals surface area contributed by atoms with E-state index in [1.54, 1.807) is 42.7 Å². The van der Waals surface area contributed by atoms with Crippen LogP contribution in [0.4, 0.5) is 4.39 Å². The molecular weight excluding hydrogens is 383 g/mol. The molecule has 0 amide bonds. The molecule has 5 aromatic rings. The van der Waals surface area contributed by atoms with E-state index in [9.17, 15) is 4.39 Å². The van der Waals surface area contributed by atoms with Gasteiger partial charge in [0.2, 0.25) is 5.82 Å². The van der Waals surface area contributed by atoms with Crippen LogP contribution in [0.15, 0.2) is 83.6 Å². The minimum Gasteiger partial charge on any atom is -0.332 e. The maximum absolute atomic E-state index is 14.5. The lowest BCUT2D eigenvalue weighted by Crippen LogP contribution is -2.02. The third-order valence-electron chi connectivity index (χ3n) is 4.37. The molecule has 8 heteroatoms. The highest BCUT2D eigenvalue weighted by molar-refractivity contribution is 5.76. The molecule has 0 saturated carbocycles. The lowest BCUT2D eigenvalue weighted by Gasteiger charge is -2.08. The van der Waals surface area contributed by atoms with Gasteiger partial charge in [-0.25, -0.2) is 9.07 Å². The van der Waals surface area contributed by atoms with Crippen LogP contribution in [0, 0.1) is 5.82 Å². The molecular formula is C22H17FN6O. The maximum atomic E-state index is 14.5. The highest BCUT2D eigenvalue weighted by atomic mass is 19.1. The van der Waals surface area contributed by atoms with Crippen LogP contribution in [0.3, 0.4) is 0 Å². The fraction of sp³-hybridized carbons (Fsp3) is 0.0455. The summed E-state index contributed by atoms with van der Waals surface area (Å²) in [5, 5.41) is 12.4. The summed E-state index contributed by atoms with van der Waals surface area (Å²) in [6, 6.07) is 19.4. The maximum Gasteiger partial charge on any atom is 0.281 e. The van der Waals surface area contributed by atoms with E-state index < -0.39 is 5.82 Å². The summed E-state index contributed by atoms with van der Waals surface area (Å²) >= 11 is 0. The van der Waals surface area contributed by atoms with Crippen molar-refractivity contribution >= 4 is 0 Å². The summed E-state index contributed by atoms with van der Waals surface area (Å²) in [4.78, 5) is 8.51. The predicted octanol–water partition coefficient (Wildman–Crippen LogP) is 4.82. The summed E-state index contributed by atoms with van der Waals surface area (Å²) in [6.07, 6.45) is 3.28. The van der Waals surface area contributed by atoms with Crippen molar-refractivity contribution in [3.63, 3.8) is 0 Å². The molecule has 0 bridgehead atoms. The number of halogens is 1. The van der Waals surface area contributed by atoms with Gasteiger partial charge < -0.3 is 4.52 Å². The van der Waals surface area contributed by atoms with Gasteiger partial charge in [-0.05, 0) is 24.3 Å². The number of hydrogen-bond donors (Lipinski definition) is 0. The molecule has 0 radical (unpaired) electrons. The number of nitrogens with zero attached hydrogens (tertiary/aromatic N) is 6. The molecule has 5 rings (SSSR count). The van der Waals surface area contributed by atoms with E-state index in [0.717, 1.165) is 11.1 Å². The van der Waals surface area contributed by atoms with Crippen molar-refractivity contribution < 1.29 is 10.3 Å². The third kappa shape index (κ3) is 3.35. The molecule has 2 aromatic carbocycles. The lowest BCUT2D eigenvalue weighted by molar-refractivity contribution is 0.431. The first-order chi connectivity index (χ1) is 15.3.